The molecule has 6 nitrogen and oxygen atoms in total. The number of benzene rings is 1. The number of furan rings is 1. The van der Waals surface area contributed by atoms with Crippen molar-refractivity contribution in [3.05, 3.63) is 57.1 Å². The van der Waals surface area contributed by atoms with Gasteiger partial charge in [0.25, 0.3) is 6.20 Å². The number of nitrogens with one attached hydrogen (secondary N) is 1. The molecule has 1 N–H and O–H groups in total. The summed E-state index contributed by atoms with van der Waals surface area (Å²) in [6.45, 7) is 1.58. The monoisotopic (exact) mass is 381 g/mol. The largest absolute Gasteiger partial charge is 0.467 e. The maximum absolute atomic E-state index is 10.5. The fourth-order valence-electron chi connectivity index (χ4n) is 2.40. The fourth-order valence-corrected chi connectivity index (χ4v) is 3.64. The minimum absolute atomic E-state index is 0.438. The number of thioether (sulfide) groups is 2. The number of hydrogen-bond donors (Lipinski definition) is 1. The number of hydrogen-bond acceptors (Lipinski definition) is 7. The van der Waals surface area contributed by atoms with Crippen LogP contribution in [0.2, 0.25) is 0 Å². The lowest BCUT2D eigenvalue weighted by molar-refractivity contribution is -0.403. The topological polar surface area (TPSA) is 71.5 Å². The highest BCUT2D eigenvalue weighted by atomic mass is 32.2. The first kappa shape index (κ1) is 19.7. The summed E-state index contributed by atoms with van der Waals surface area (Å²) in [5.41, 5.74) is 1.27. The molecule has 0 atom stereocenters. The highest BCUT2D eigenvalue weighted by Gasteiger charge is 2.08. The predicted octanol–water partition coefficient (Wildman–Crippen LogP) is 3.76. The molecular weight excluding hydrogens is 358 g/mol. The van der Waals surface area contributed by atoms with Gasteiger partial charge >= 0.3 is 0 Å². The lowest BCUT2D eigenvalue weighted by atomic mass is 10.1. The third-order valence-electron chi connectivity index (χ3n) is 3.47. The zero-order valence-corrected chi connectivity index (χ0v) is 16.3. The van der Waals surface area contributed by atoms with Crippen molar-refractivity contribution in [1.29, 1.82) is 0 Å². The van der Waals surface area contributed by atoms with Crippen molar-refractivity contribution < 1.29 is 9.34 Å². The minimum atomic E-state index is -0.438. The molecule has 1 aromatic carbocycles. The second kappa shape index (κ2) is 9.74. The lowest BCUT2D eigenvalue weighted by Crippen LogP contribution is -2.15. The summed E-state index contributed by atoms with van der Waals surface area (Å²) in [7, 11) is 4.11. The molecule has 25 heavy (non-hydrogen) atoms. The van der Waals surface area contributed by atoms with E-state index in [4.69, 9.17) is 4.42 Å². The molecule has 0 aliphatic carbocycles. The average Bonchev–Trinajstić information content (AvgIpc) is 2.95. The minimum Gasteiger partial charge on any atom is -0.467 e. The molecule has 0 bridgehead atoms. The summed E-state index contributed by atoms with van der Waals surface area (Å²) >= 11 is 3.08. The Morgan fingerprint density at radius 1 is 1.44 bits per heavy atom. The molecule has 136 valence electrons. The van der Waals surface area contributed by atoms with E-state index in [-0.39, 0.29) is 0 Å². The summed E-state index contributed by atoms with van der Waals surface area (Å²) in [5, 5.41) is 16.4. The van der Waals surface area contributed by atoms with E-state index in [2.05, 4.69) is 42.5 Å². The first-order valence-corrected chi connectivity index (χ1v) is 10.2. The van der Waals surface area contributed by atoms with Crippen LogP contribution < -0.4 is 5.32 Å². The van der Waals surface area contributed by atoms with Gasteiger partial charge in [0.05, 0.1) is 16.9 Å². The average molecular weight is 382 g/mol. The maximum Gasteiger partial charge on any atom is 0.263 e. The van der Waals surface area contributed by atoms with E-state index in [1.54, 1.807) is 18.0 Å². The summed E-state index contributed by atoms with van der Waals surface area (Å²) < 4.78 is 5.72. The van der Waals surface area contributed by atoms with Crippen LogP contribution >= 0.6 is 23.5 Å². The van der Waals surface area contributed by atoms with Crippen molar-refractivity contribution >= 4 is 34.3 Å². The molecule has 0 unspecified atom stereocenters. The van der Waals surface area contributed by atoms with E-state index < -0.39 is 4.92 Å². The molecule has 0 saturated heterocycles. The Balaban J connectivity index is 1.87. The quantitative estimate of drug-likeness (QED) is 0.382. The van der Waals surface area contributed by atoms with Gasteiger partial charge in [-0.25, -0.2) is 0 Å². The Hall–Kier alpha value is -1.64. The molecule has 2 rings (SSSR count). The van der Waals surface area contributed by atoms with Crippen molar-refractivity contribution in [2.45, 2.75) is 12.3 Å². The van der Waals surface area contributed by atoms with Gasteiger partial charge < -0.3 is 14.6 Å². The molecular formula is C17H23N3O3S2. The van der Waals surface area contributed by atoms with Gasteiger partial charge in [0.2, 0.25) is 0 Å². The zero-order valence-electron chi connectivity index (χ0n) is 14.7. The normalized spacial score (nSPS) is 12.1. The predicted molar refractivity (Wildman–Crippen MR) is 106 cm³/mol. The van der Waals surface area contributed by atoms with Gasteiger partial charge in [0.1, 0.15) is 10.8 Å². The molecule has 0 aliphatic heterocycles. The Morgan fingerprint density at radius 3 is 2.92 bits per heavy atom. The van der Waals surface area contributed by atoms with Crippen molar-refractivity contribution in [1.82, 2.24) is 10.2 Å². The molecule has 0 fully saturated rings. The van der Waals surface area contributed by atoms with E-state index in [1.165, 1.54) is 17.3 Å². The van der Waals surface area contributed by atoms with Gasteiger partial charge in [0.15, 0.2) is 0 Å². The standard InChI is InChI=1S/C17H23N3O3S2/c1-19(2)9-13-4-5-14-11-23-16(15(14)8-13)12-25-7-6-18-17(24-3)10-20(21)22/h4-5,8,10-11,18H,6-7,9,12H2,1-3H3. The van der Waals surface area contributed by atoms with E-state index in [0.29, 0.717) is 11.6 Å². The van der Waals surface area contributed by atoms with Crippen molar-refractivity contribution in [3.63, 3.8) is 0 Å². The highest BCUT2D eigenvalue weighted by molar-refractivity contribution is 8.02. The molecule has 0 aliphatic rings. The summed E-state index contributed by atoms with van der Waals surface area (Å²) in [6.07, 6.45) is 4.62. The van der Waals surface area contributed by atoms with Gasteiger partial charge in [-0.2, -0.15) is 11.8 Å². The molecule has 8 heteroatoms. The molecule has 0 saturated carbocycles. The van der Waals surface area contributed by atoms with Crippen LogP contribution in [0.3, 0.4) is 0 Å². The van der Waals surface area contributed by atoms with E-state index in [0.717, 1.165) is 40.8 Å². The van der Waals surface area contributed by atoms with Gasteiger partial charge in [-0.1, -0.05) is 12.1 Å². The maximum atomic E-state index is 10.5. The van der Waals surface area contributed by atoms with Gasteiger partial charge in [0, 0.05) is 29.6 Å². The highest BCUT2D eigenvalue weighted by Crippen LogP contribution is 2.26. The zero-order chi connectivity index (χ0) is 18.2. The first-order valence-electron chi connectivity index (χ1n) is 7.84. The molecule has 0 amide bonds. The summed E-state index contributed by atoms with van der Waals surface area (Å²) in [5.74, 6) is 2.60. The van der Waals surface area contributed by atoms with E-state index in [1.807, 2.05) is 6.26 Å². The molecule has 1 heterocycles. The first-order chi connectivity index (χ1) is 12.0. The number of fused-ring (bicyclic) bond motifs is 1. The van der Waals surface area contributed by atoms with E-state index >= 15 is 0 Å². The van der Waals surface area contributed by atoms with Crippen LogP contribution in [0.1, 0.15) is 11.3 Å². The van der Waals surface area contributed by atoms with Crippen LogP contribution in [0.5, 0.6) is 0 Å². The Morgan fingerprint density at radius 2 is 2.24 bits per heavy atom. The molecule has 2 aromatic rings. The smallest absolute Gasteiger partial charge is 0.263 e. The number of rotatable bonds is 10. The van der Waals surface area contributed by atoms with E-state index in [9.17, 15) is 10.1 Å². The van der Waals surface area contributed by atoms with Crippen LogP contribution in [0.25, 0.3) is 10.8 Å². The summed E-state index contributed by atoms with van der Waals surface area (Å²) in [6, 6.07) is 6.42. The molecule has 0 radical (unpaired) electrons. The second-order valence-corrected chi connectivity index (χ2v) is 7.73. The third kappa shape index (κ3) is 6.30. The molecule has 1 aromatic heterocycles. The van der Waals surface area contributed by atoms with Crippen LogP contribution in [0.4, 0.5) is 0 Å². The van der Waals surface area contributed by atoms with Crippen LogP contribution in [0.15, 0.2) is 40.1 Å². The SMILES string of the molecule is CSC(=C[N+](=O)[O-])NCCSCc1occ2ccc(CN(C)C)cc12. The van der Waals surface area contributed by atoms with Gasteiger partial charge in [-0.3, -0.25) is 10.1 Å². The van der Waals surface area contributed by atoms with Gasteiger partial charge in [-0.15, -0.1) is 11.8 Å². The number of nitrogens with zero attached hydrogens (tertiary/aromatic N) is 2. The Labute approximate surface area is 156 Å². The van der Waals surface area contributed by atoms with Crippen LogP contribution in [-0.2, 0) is 12.3 Å². The van der Waals surface area contributed by atoms with Crippen LogP contribution in [0, 0.1) is 10.1 Å². The second-order valence-electron chi connectivity index (χ2n) is 5.78. The van der Waals surface area contributed by atoms with Crippen molar-refractivity contribution in [2.24, 2.45) is 0 Å². The van der Waals surface area contributed by atoms with Crippen molar-refractivity contribution in [2.75, 3.05) is 32.6 Å². The Kier molecular flexibility index (Phi) is 7.67. The van der Waals surface area contributed by atoms with Gasteiger partial charge in [-0.05, 0) is 32.0 Å². The fraction of sp³-hybridized carbons (Fsp3) is 0.412. The van der Waals surface area contributed by atoms with Crippen LogP contribution in [-0.4, -0.2) is 42.5 Å². The lowest BCUT2D eigenvalue weighted by Gasteiger charge is -2.09. The Bertz CT molecular complexity index is 744. The third-order valence-corrected chi connectivity index (χ3v) is 5.12. The van der Waals surface area contributed by atoms with Crippen molar-refractivity contribution in [3.8, 4) is 0 Å². The number of nitro groups is 1. The molecule has 0 spiro atoms. The summed E-state index contributed by atoms with van der Waals surface area (Å²) in [4.78, 5) is 12.2.